The molecule has 10 heteroatoms. The first kappa shape index (κ1) is 31.5. The van der Waals surface area contributed by atoms with Crippen LogP contribution < -0.4 is 10.2 Å². The molecule has 0 unspecified atom stereocenters. The second-order valence-electron chi connectivity index (χ2n) is 11.8. The number of carboxylic acids is 1. The molecule has 0 fully saturated rings. The molecule has 0 bridgehead atoms. The number of benzene rings is 3. The summed E-state index contributed by atoms with van der Waals surface area (Å²) in [4.78, 5) is 28.1. The first-order valence-electron chi connectivity index (χ1n) is 15.2. The van der Waals surface area contributed by atoms with Crippen LogP contribution in [0.5, 0.6) is 0 Å². The molecule has 1 amide bonds. The van der Waals surface area contributed by atoms with Crippen LogP contribution in [0.4, 0.5) is 5.69 Å². The fourth-order valence-electron chi connectivity index (χ4n) is 5.79. The van der Waals surface area contributed by atoms with Crippen molar-refractivity contribution in [2.45, 2.75) is 13.0 Å². The smallest absolute Gasteiger partial charge is 0.336 e. The number of nitrogens with zero attached hydrogens (tertiary/aromatic N) is 6. The minimum atomic E-state index is -1.07. The Morgan fingerprint density at radius 1 is 1.04 bits per heavy atom. The van der Waals surface area contributed by atoms with Crippen molar-refractivity contribution in [2.75, 3.05) is 33.1 Å². The number of amides is 1. The van der Waals surface area contributed by atoms with Gasteiger partial charge in [0.05, 0.1) is 24.0 Å². The first-order valence-corrected chi connectivity index (χ1v) is 15.2. The van der Waals surface area contributed by atoms with Crippen molar-refractivity contribution in [3.8, 4) is 23.6 Å². The first-order chi connectivity index (χ1) is 23.1. The van der Waals surface area contributed by atoms with E-state index in [0.29, 0.717) is 28.8 Å². The number of aromatic nitrogens is 3. The Labute approximate surface area is 278 Å². The SMILES string of the molecule is CN(C)c1ccc2c(c1)CC1=CC(=[N+](C)C)C=CC1=C2c1cc(C(=O)NCc2cn(-c3ccc(C#CC#N)cc3)nn2)ccc1C(=O)O. The highest BCUT2D eigenvalue weighted by atomic mass is 16.4. The Morgan fingerprint density at radius 3 is 2.54 bits per heavy atom. The Balaban J connectivity index is 1.33. The molecule has 0 saturated heterocycles. The van der Waals surface area contributed by atoms with Crippen LogP contribution in [0.15, 0.2) is 96.2 Å². The molecule has 1 aromatic heterocycles. The topological polar surface area (TPSA) is 127 Å². The summed E-state index contributed by atoms with van der Waals surface area (Å²) in [5.74, 6) is 3.66. The monoisotopic (exact) mass is 634 g/mol. The van der Waals surface area contributed by atoms with Gasteiger partial charge >= 0.3 is 5.97 Å². The molecule has 2 N–H and O–H groups in total. The number of nitrogens with one attached hydrogen (secondary N) is 1. The third-order valence-electron chi connectivity index (χ3n) is 8.28. The maximum absolute atomic E-state index is 13.5. The van der Waals surface area contributed by atoms with E-state index in [1.807, 2.05) is 74.1 Å². The molecule has 6 rings (SSSR count). The van der Waals surface area contributed by atoms with Crippen molar-refractivity contribution in [1.82, 2.24) is 20.3 Å². The molecule has 1 heterocycles. The summed E-state index contributed by atoms with van der Waals surface area (Å²) in [6.07, 6.45) is 8.62. The summed E-state index contributed by atoms with van der Waals surface area (Å²) in [6, 6.07) is 19.9. The van der Waals surface area contributed by atoms with Crippen LogP contribution >= 0.6 is 0 Å². The fourth-order valence-corrected chi connectivity index (χ4v) is 5.79. The lowest BCUT2D eigenvalue weighted by Gasteiger charge is -2.28. The maximum atomic E-state index is 13.5. The normalized spacial score (nSPS) is 13.0. The van der Waals surface area contributed by atoms with Crippen molar-refractivity contribution in [3.63, 3.8) is 0 Å². The van der Waals surface area contributed by atoms with Crippen LogP contribution in [0, 0.1) is 23.2 Å². The number of nitriles is 1. The Bertz CT molecular complexity index is 2210. The molecule has 2 aliphatic carbocycles. The minimum absolute atomic E-state index is 0.112. The van der Waals surface area contributed by atoms with Gasteiger partial charge in [0.15, 0.2) is 11.8 Å². The van der Waals surface area contributed by atoms with Gasteiger partial charge in [0.2, 0.25) is 0 Å². The number of hydrogen-bond donors (Lipinski definition) is 2. The van der Waals surface area contributed by atoms with E-state index in [1.165, 1.54) is 12.1 Å². The van der Waals surface area contributed by atoms with Crippen molar-refractivity contribution >= 4 is 28.8 Å². The van der Waals surface area contributed by atoms with Crippen LogP contribution in [0.25, 0.3) is 11.3 Å². The number of anilines is 1. The zero-order valence-electron chi connectivity index (χ0n) is 26.9. The number of hydrogen-bond acceptors (Lipinski definition) is 6. The van der Waals surface area contributed by atoms with E-state index in [0.717, 1.165) is 44.9 Å². The third-order valence-corrected chi connectivity index (χ3v) is 8.28. The van der Waals surface area contributed by atoms with Gasteiger partial charge in [-0.25, -0.2) is 14.1 Å². The molecule has 0 atom stereocenters. The van der Waals surface area contributed by atoms with Gasteiger partial charge in [-0.3, -0.25) is 4.79 Å². The standard InChI is InChI=1S/C38H31N7O3/c1-43(2)30-12-15-32-26(19-30)18-27-20-31(44(3)4)13-16-33(27)36(32)35-21-25(9-14-34(35)38(47)48)37(46)40-22-28-23-45(42-41-28)29-10-7-24(8-11-29)6-5-17-39/h7-16,19-21,23H,18,22H2,1-4H3,(H-,40,46,47,48)/p+1. The van der Waals surface area contributed by atoms with E-state index < -0.39 is 5.97 Å². The predicted molar refractivity (Wildman–Crippen MR) is 183 cm³/mol. The van der Waals surface area contributed by atoms with E-state index >= 15 is 0 Å². The van der Waals surface area contributed by atoms with E-state index in [4.69, 9.17) is 5.26 Å². The van der Waals surface area contributed by atoms with Gasteiger partial charge in [0.25, 0.3) is 5.91 Å². The zero-order chi connectivity index (χ0) is 33.9. The van der Waals surface area contributed by atoms with Crippen molar-refractivity contribution < 1.29 is 19.3 Å². The number of carbonyl (C=O) groups excluding carboxylic acids is 1. The van der Waals surface area contributed by atoms with Crippen LogP contribution in [-0.4, -0.2) is 70.5 Å². The van der Waals surface area contributed by atoms with Gasteiger partial charge in [0, 0.05) is 49.0 Å². The van der Waals surface area contributed by atoms with Gasteiger partial charge in [-0.05, 0) is 101 Å². The van der Waals surface area contributed by atoms with Crippen LogP contribution in [0.1, 0.15) is 48.7 Å². The number of fused-ring (bicyclic) bond motifs is 2. The van der Waals surface area contributed by atoms with E-state index in [9.17, 15) is 14.7 Å². The van der Waals surface area contributed by atoms with Gasteiger partial charge < -0.3 is 15.3 Å². The highest BCUT2D eigenvalue weighted by Gasteiger charge is 2.29. The number of allylic oxidation sites excluding steroid dienone is 5. The molecular formula is C38H32N7O3+. The number of aromatic carboxylic acids is 1. The second kappa shape index (κ2) is 13.1. The van der Waals surface area contributed by atoms with E-state index in [2.05, 4.69) is 39.6 Å². The minimum Gasteiger partial charge on any atom is -0.478 e. The highest BCUT2D eigenvalue weighted by Crippen LogP contribution is 2.43. The maximum Gasteiger partial charge on any atom is 0.336 e. The molecule has 4 aromatic rings. The van der Waals surface area contributed by atoms with Gasteiger partial charge in [-0.2, -0.15) is 5.26 Å². The number of carboxylic acid groups (broad SMARTS) is 1. The summed E-state index contributed by atoms with van der Waals surface area (Å²) in [7, 11) is 7.96. The molecular weight excluding hydrogens is 602 g/mol. The van der Waals surface area contributed by atoms with Crippen molar-refractivity contribution in [1.29, 1.82) is 5.26 Å². The molecule has 48 heavy (non-hydrogen) atoms. The average Bonchev–Trinajstić information content (AvgIpc) is 3.57. The molecule has 0 radical (unpaired) electrons. The van der Waals surface area contributed by atoms with Gasteiger partial charge in [0.1, 0.15) is 19.8 Å². The van der Waals surface area contributed by atoms with Gasteiger partial charge in [-0.1, -0.05) is 17.2 Å². The summed E-state index contributed by atoms with van der Waals surface area (Å²) in [5.41, 5.74) is 9.82. The average molecular weight is 635 g/mol. The number of rotatable bonds is 7. The van der Waals surface area contributed by atoms with Crippen LogP contribution in [0.2, 0.25) is 0 Å². The van der Waals surface area contributed by atoms with Crippen molar-refractivity contribution in [2.24, 2.45) is 0 Å². The zero-order valence-corrected chi connectivity index (χ0v) is 26.9. The summed E-state index contributed by atoms with van der Waals surface area (Å²) < 4.78 is 3.63. The second-order valence-corrected chi connectivity index (χ2v) is 11.8. The lowest BCUT2D eigenvalue weighted by Crippen LogP contribution is -2.23. The highest BCUT2D eigenvalue weighted by molar-refractivity contribution is 6.08. The van der Waals surface area contributed by atoms with E-state index in [1.54, 1.807) is 35.1 Å². The molecule has 2 aliphatic rings. The molecule has 0 aliphatic heterocycles. The summed E-state index contributed by atoms with van der Waals surface area (Å²) in [5, 5.41) is 30.2. The fraction of sp³-hybridized carbons (Fsp3) is 0.158. The molecule has 3 aromatic carbocycles. The van der Waals surface area contributed by atoms with Crippen LogP contribution in [-0.2, 0) is 13.0 Å². The quantitative estimate of drug-likeness (QED) is 0.228. The molecule has 236 valence electrons. The Morgan fingerprint density at radius 2 is 1.83 bits per heavy atom. The summed E-state index contributed by atoms with van der Waals surface area (Å²) in [6.45, 7) is 0.115. The van der Waals surface area contributed by atoms with Crippen LogP contribution in [0.3, 0.4) is 0 Å². The van der Waals surface area contributed by atoms with Crippen molar-refractivity contribution in [3.05, 3.63) is 135 Å². The molecule has 10 nitrogen and oxygen atoms in total. The largest absolute Gasteiger partial charge is 0.478 e. The number of carbonyl (C=O) groups is 2. The molecule has 0 spiro atoms. The Hall–Kier alpha value is -6.52. The Kier molecular flexibility index (Phi) is 8.57. The lowest BCUT2D eigenvalue weighted by atomic mass is 9.76. The summed E-state index contributed by atoms with van der Waals surface area (Å²) >= 11 is 0. The van der Waals surface area contributed by atoms with E-state index in [-0.39, 0.29) is 18.0 Å². The third kappa shape index (κ3) is 6.28. The predicted octanol–water partition coefficient (Wildman–Crippen LogP) is 4.40. The lowest BCUT2D eigenvalue weighted by molar-refractivity contribution is -0.462. The van der Waals surface area contributed by atoms with Gasteiger partial charge in [-0.15, -0.1) is 5.10 Å². The molecule has 0 saturated carbocycles.